The fraction of sp³-hybridized carbons (Fsp3) is 0.583. The van der Waals surface area contributed by atoms with Crippen LogP contribution in [0, 0.1) is 5.92 Å². The molecule has 0 atom stereocenters. The second-order valence-electron chi connectivity index (χ2n) is 4.55. The van der Waals surface area contributed by atoms with E-state index < -0.39 is 18.1 Å². The van der Waals surface area contributed by atoms with Gasteiger partial charge < -0.3 is 9.64 Å². The molecule has 0 aromatic carbocycles. The molecule has 0 N–H and O–H groups in total. The lowest BCUT2D eigenvalue weighted by Crippen LogP contribution is -2.39. The van der Waals surface area contributed by atoms with Gasteiger partial charge in [0, 0.05) is 13.1 Å². The van der Waals surface area contributed by atoms with Crippen molar-refractivity contribution in [2.24, 2.45) is 5.92 Å². The third kappa shape index (κ3) is 3.17. The van der Waals surface area contributed by atoms with Gasteiger partial charge in [-0.2, -0.15) is 13.2 Å². The van der Waals surface area contributed by atoms with E-state index in [-0.39, 0.29) is 31.6 Å². The van der Waals surface area contributed by atoms with Gasteiger partial charge in [-0.05, 0) is 12.8 Å². The average molecular weight is 289 g/mol. The van der Waals surface area contributed by atoms with Crippen molar-refractivity contribution in [1.82, 2.24) is 9.97 Å². The summed E-state index contributed by atoms with van der Waals surface area (Å²) in [4.78, 5) is 20.9. The van der Waals surface area contributed by atoms with Crippen molar-refractivity contribution in [1.29, 1.82) is 0 Å². The number of hydrogen-bond donors (Lipinski definition) is 0. The van der Waals surface area contributed by atoms with Gasteiger partial charge in [-0.1, -0.05) is 0 Å². The van der Waals surface area contributed by atoms with Crippen molar-refractivity contribution in [3.63, 3.8) is 0 Å². The average Bonchev–Trinajstić information content (AvgIpc) is 2.46. The molecule has 0 saturated carbocycles. The smallest absolute Gasteiger partial charge is 0.391 e. The fourth-order valence-corrected chi connectivity index (χ4v) is 2.13. The Bertz CT molecular complexity index is 468. The molecule has 0 aliphatic carbocycles. The molecule has 2 heterocycles. The molecule has 1 saturated heterocycles. The fourth-order valence-electron chi connectivity index (χ4n) is 2.13. The molecule has 0 bridgehead atoms. The monoisotopic (exact) mass is 289 g/mol. The molecule has 0 unspecified atom stereocenters. The highest BCUT2D eigenvalue weighted by molar-refractivity contribution is 5.86. The molecule has 0 spiro atoms. The van der Waals surface area contributed by atoms with Crippen LogP contribution in [0.15, 0.2) is 12.4 Å². The molecule has 0 radical (unpaired) electrons. The van der Waals surface area contributed by atoms with E-state index in [0.29, 0.717) is 5.82 Å². The molecular weight excluding hydrogens is 275 g/mol. The van der Waals surface area contributed by atoms with Gasteiger partial charge in [-0.3, -0.25) is 0 Å². The van der Waals surface area contributed by atoms with Gasteiger partial charge in [-0.15, -0.1) is 0 Å². The van der Waals surface area contributed by atoms with E-state index >= 15 is 0 Å². The number of esters is 1. The molecule has 5 nitrogen and oxygen atoms in total. The number of aromatic nitrogens is 2. The highest BCUT2D eigenvalue weighted by atomic mass is 19.4. The first kappa shape index (κ1) is 14.5. The number of nitrogens with zero attached hydrogens (tertiary/aromatic N) is 3. The second-order valence-corrected chi connectivity index (χ2v) is 4.55. The summed E-state index contributed by atoms with van der Waals surface area (Å²) >= 11 is 0. The standard InChI is InChI=1S/C12H14F3N3O2/c1-20-11(19)9-6-17-10(7-16-9)18-4-2-8(3-5-18)12(13,14)15/h6-8H,2-5H2,1H3. The topological polar surface area (TPSA) is 55.3 Å². The largest absolute Gasteiger partial charge is 0.464 e. The van der Waals surface area contributed by atoms with Gasteiger partial charge in [0.1, 0.15) is 5.82 Å². The second kappa shape index (κ2) is 5.64. The molecule has 1 aromatic heterocycles. The van der Waals surface area contributed by atoms with E-state index in [0.717, 1.165) is 0 Å². The van der Waals surface area contributed by atoms with Crippen LogP contribution in [-0.2, 0) is 4.74 Å². The Morgan fingerprint density at radius 1 is 1.30 bits per heavy atom. The molecule has 0 amide bonds. The van der Waals surface area contributed by atoms with Crippen LogP contribution in [-0.4, -0.2) is 42.3 Å². The number of ether oxygens (including phenoxy) is 1. The first-order valence-electron chi connectivity index (χ1n) is 6.14. The number of anilines is 1. The number of carbonyl (C=O) groups excluding carboxylic acids is 1. The minimum Gasteiger partial charge on any atom is -0.464 e. The summed E-state index contributed by atoms with van der Waals surface area (Å²) in [7, 11) is 1.24. The van der Waals surface area contributed by atoms with Crippen molar-refractivity contribution in [3.8, 4) is 0 Å². The molecule has 1 fully saturated rings. The highest BCUT2D eigenvalue weighted by Gasteiger charge is 2.41. The first-order chi connectivity index (χ1) is 9.41. The molecular formula is C12H14F3N3O2. The SMILES string of the molecule is COC(=O)c1cnc(N2CCC(C(F)(F)F)CC2)cn1. The van der Waals surface area contributed by atoms with Crippen molar-refractivity contribution in [2.75, 3.05) is 25.1 Å². The first-order valence-corrected chi connectivity index (χ1v) is 6.14. The lowest BCUT2D eigenvalue weighted by molar-refractivity contribution is -0.179. The maximum absolute atomic E-state index is 12.6. The summed E-state index contributed by atoms with van der Waals surface area (Å²) in [5, 5.41) is 0. The summed E-state index contributed by atoms with van der Waals surface area (Å²) in [6.45, 7) is 0.548. The zero-order valence-corrected chi connectivity index (χ0v) is 10.9. The lowest BCUT2D eigenvalue weighted by Gasteiger charge is -2.33. The summed E-state index contributed by atoms with van der Waals surface area (Å²) in [6.07, 6.45) is -1.41. The highest BCUT2D eigenvalue weighted by Crippen LogP contribution is 2.34. The maximum atomic E-state index is 12.6. The minimum absolute atomic E-state index is 0.0456. The van der Waals surface area contributed by atoms with Crippen molar-refractivity contribution in [3.05, 3.63) is 18.1 Å². The third-order valence-electron chi connectivity index (χ3n) is 3.31. The number of piperidine rings is 1. The van der Waals surface area contributed by atoms with Gasteiger partial charge in [0.05, 0.1) is 25.4 Å². The molecule has 20 heavy (non-hydrogen) atoms. The van der Waals surface area contributed by atoms with Gasteiger partial charge in [0.2, 0.25) is 0 Å². The normalized spacial score (nSPS) is 17.1. The molecule has 1 aliphatic heterocycles. The van der Waals surface area contributed by atoms with Crippen molar-refractivity contribution < 1.29 is 22.7 Å². The molecule has 8 heteroatoms. The Hall–Kier alpha value is -1.86. The minimum atomic E-state index is -4.13. The summed E-state index contributed by atoms with van der Waals surface area (Å²) < 4.78 is 42.2. The van der Waals surface area contributed by atoms with E-state index in [1.165, 1.54) is 19.5 Å². The molecule has 110 valence electrons. The molecule has 1 aromatic rings. The quantitative estimate of drug-likeness (QED) is 0.780. The predicted molar refractivity (Wildman–Crippen MR) is 64.4 cm³/mol. The van der Waals surface area contributed by atoms with Crippen LogP contribution in [0.4, 0.5) is 19.0 Å². The van der Waals surface area contributed by atoms with Crippen LogP contribution < -0.4 is 4.90 Å². The zero-order valence-electron chi connectivity index (χ0n) is 10.9. The summed E-state index contributed by atoms with van der Waals surface area (Å²) in [6, 6.07) is 0. The van der Waals surface area contributed by atoms with Crippen LogP contribution >= 0.6 is 0 Å². The number of alkyl halides is 3. The number of methoxy groups -OCH3 is 1. The van der Waals surface area contributed by atoms with Gasteiger partial charge in [-0.25, -0.2) is 14.8 Å². The van der Waals surface area contributed by atoms with E-state index in [2.05, 4.69) is 14.7 Å². The van der Waals surface area contributed by atoms with E-state index in [4.69, 9.17) is 0 Å². The Morgan fingerprint density at radius 2 is 1.95 bits per heavy atom. The van der Waals surface area contributed by atoms with Gasteiger partial charge in [0.15, 0.2) is 5.69 Å². The Morgan fingerprint density at radius 3 is 2.40 bits per heavy atom. The van der Waals surface area contributed by atoms with Crippen LogP contribution in [0.2, 0.25) is 0 Å². The lowest BCUT2D eigenvalue weighted by atomic mass is 9.96. The summed E-state index contributed by atoms with van der Waals surface area (Å²) in [5.74, 6) is -1.38. The molecule has 1 aliphatic rings. The number of rotatable bonds is 2. The van der Waals surface area contributed by atoms with Crippen LogP contribution in [0.25, 0.3) is 0 Å². The van der Waals surface area contributed by atoms with Crippen LogP contribution in [0.5, 0.6) is 0 Å². The Balaban J connectivity index is 1.99. The zero-order chi connectivity index (χ0) is 14.8. The van der Waals surface area contributed by atoms with Crippen LogP contribution in [0.3, 0.4) is 0 Å². The van der Waals surface area contributed by atoms with Crippen molar-refractivity contribution in [2.45, 2.75) is 19.0 Å². The maximum Gasteiger partial charge on any atom is 0.391 e. The van der Waals surface area contributed by atoms with E-state index in [1.807, 2.05) is 0 Å². The Kier molecular flexibility index (Phi) is 4.10. The third-order valence-corrected chi connectivity index (χ3v) is 3.31. The van der Waals surface area contributed by atoms with Gasteiger partial charge >= 0.3 is 12.1 Å². The van der Waals surface area contributed by atoms with E-state index in [9.17, 15) is 18.0 Å². The van der Waals surface area contributed by atoms with E-state index in [1.54, 1.807) is 4.90 Å². The molecule has 2 rings (SSSR count). The van der Waals surface area contributed by atoms with Gasteiger partial charge in [0.25, 0.3) is 0 Å². The number of carbonyl (C=O) groups is 1. The van der Waals surface area contributed by atoms with Crippen LogP contribution in [0.1, 0.15) is 23.3 Å². The van der Waals surface area contributed by atoms with Crippen molar-refractivity contribution >= 4 is 11.8 Å². The predicted octanol–water partition coefficient (Wildman–Crippen LogP) is 2.04. The number of hydrogen-bond acceptors (Lipinski definition) is 5. The Labute approximate surface area is 113 Å². The number of halogens is 3. The summed E-state index contributed by atoms with van der Waals surface area (Å²) in [5.41, 5.74) is 0.0708.